The zero-order chi connectivity index (χ0) is 13.2. The van der Waals surface area contributed by atoms with Crippen molar-refractivity contribution >= 4 is 37.3 Å². The fourth-order valence-electron chi connectivity index (χ4n) is 1.90. The maximum Gasteiger partial charge on any atom is 0.254 e. The second kappa shape index (κ2) is 5.96. The number of nitrogens with zero attached hydrogens (tertiary/aromatic N) is 3. The van der Waals surface area contributed by atoms with Crippen molar-refractivity contribution in [1.29, 1.82) is 0 Å². The highest BCUT2D eigenvalue weighted by molar-refractivity contribution is 9.09. The van der Waals surface area contributed by atoms with Gasteiger partial charge in [-0.15, -0.1) is 11.3 Å². The van der Waals surface area contributed by atoms with Crippen LogP contribution in [0.5, 0.6) is 0 Å². The lowest BCUT2D eigenvalue weighted by Crippen LogP contribution is -2.48. The van der Waals surface area contributed by atoms with Crippen molar-refractivity contribution in [3.63, 3.8) is 0 Å². The summed E-state index contributed by atoms with van der Waals surface area (Å²) in [5.74, 6) is 0. The maximum atomic E-state index is 12.3. The van der Waals surface area contributed by atoms with Crippen molar-refractivity contribution in [1.82, 2.24) is 14.2 Å². The van der Waals surface area contributed by atoms with Crippen LogP contribution in [0.1, 0.15) is 5.01 Å². The molecule has 0 aromatic carbocycles. The molecule has 0 saturated carbocycles. The molecule has 18 heavy (non-hydrogen) atoms. The summed E-state index contributed by atoms with van der Waals surface area (Å²) in [6.07, 6.45) is 1.46. The number of hydrogen-bond donors (Lipinski definition) is 0. The van der Waals surface area contributed by atoms with Crippen LogP contribution in [0, 0.1) is 6.92 Å². The van der Waals surface area contributed by atoms with Crippen molar-refractivity contribution in [2.45, 2.75) is 11.1 Å². The second-order valence-electron chi connectivity index (χ2n) is 4.13. The molecule has 1 fully saturated rings. The third-order valence-corrected chi connectivity index (χ3v) is 6.53. The van der Waals surface area contributed by atoms with Crippen LogP contribution < -0.4 is 0 Å². The van der Waals surface area contributed by atoms with Gasteiger partial charge in [0.25, 0.3) is 10.0 Å². The largest absolute Gasteiger partial charge is 0.300 e. The number of piperazine rings is 1. The van der Waals surface area contributed by atoms with Gasteiger partial charge in [-0.25, -0.2) is 13.4 Å². The first-order valence-corrected chi connectivity index (χ1v) is 9.13. The van der Waals surface area contributed by atoms with Crippen molar-refractivity contribution in [2.24, 2.45) is 0 Å². The number of hydrogen-bond acceptors (Lipinski definition) is 5. The Labute approximate surface area is 120 Å². The highest BCUT2D eigenvalue weighted by Crippen LogP contribution is 2.23. The average Bonchev–Trinajstić information content (AvgIpc) is 2.78. The SMILES string of the molecule is Cc1ncc(S(=O)(=O)N2CCN(CCBr)CC2)s1. The number of thiazole rings is 1. The highest BCUT2D eigenvalue weighted by Gasteiger charge is 2.29. The van der Waals surface area contributed by atoms with Crippen molar-refractivity contribution in [3.8, 4) is 0 Å². The molecule has 0 radical (unpaired) electrons. The molecule has 8 heteroatoms. The van der Waals surface area contributed by atoms with Gasteiger partial charge in [0, 0.05) is 38.1 Å². The summed E-state index contributed by atoms with van der Waals surface area (Å²) < 4.78 is 26.6. The van der Waals surface area contributed by atoms with Crippen LogP contribution >= 0.6 is 27.3 Å². The molecule has 1 aromatic rings. The molecule has 0 spiro atoms. The zero-order valence-electron chi connectivity index (χ0n) is 10.2. The molecule has 0 amide bonds. The summed E-state index contributed by atoms with van der Waals surface area (Å²) in [5, 5.41) is 1.71. The van der Waals surface area contributed by atoms with Gasteiger partial charge in [0.1, 0.15) is 0 Å². The van der Waals surface area contributed by atoms with E-state index in [0.717, 1.165) is 30.0 Å². The van der Waals surface area contributed by atoms with E-state index < -0.39 is 10.0 Å². The lowest BCUT2D eigenvalue weighted by atomic mass is 10.4. The van der Waals surface area contributed by atoms with Crippen molar-refractivity contribution in [2.75, 3.05) is 38.1 Å². The maximum absolute atomic E-state index is 12.3. The van der Waals surface area contributed by atoms with Gasteiger partial charge in [0.15, 0.2) is 4.21 Å². The molecule has 0 atom stereocenters. The van der Waals surface area contributed by atoms with Crippen LogP contribution in [0.25, 0.3) is 0 Å². The van der Waals surface area contributed by atoms with Crippen LogP contribution in [0.15, 0.2) is 10.4 Å². The van der Waals surface area contributed by atoms with E-state index in [1.807, 2.05) is 6.92 Å². The number of aromatic nitrogens is 1. The van der Waals surface area contributed by atoms with Crippen LogP contribution in [0.4, 0.5) is 0 Å². The Kier molecular flexibility index (Phi) is 4.76. The van der Waals surface area contributed by atoms with E-state index in [0.29, 0.717) is 17.3 Å². The van der Waals surface area contributed by atoms with Gasteiger partial charge < -0.3 is 0 Å². The van der Waals surface area contributed by atoms with Gasteiger partial charge >= 0.3 is 0 Å². The first-order chi connectivity index (χ1) is 8.54. The Hall–Kier alpha value is -0.0200. The predicted octanol–water partition coefficient (Wildman–Crippen LogP) is 1.15. The van der Waals surface area contributed by atoms with Gasteiger partial charge in [-0.2, -0.15) is 4.31 Å². The monoisotopic (exact) mass is 353 g/mol. The molecule has 1 saturated heterocycles. The first-order valence-electron chi connectivity index (χ1n) is 5.75. The first kappa shape index (κ1) is 14.4. The molecule has 102 valence electrons. The van der Waals surface area contributed by atoms with Crippen LogP contribution in [0.2, 0.25) is 0 Å². The minimum atomic E-state index is -3.33. The summed E-state index contributed by atoms with van der Waals surface area (Å²) >= 11 is 4.64. The van der Waals surface area contributed by atoms with Crippen molar-refractivity contribution in [3.05, 3.63) is 11.2 Å². The van der Waals surface area contributed by atoms with Crippen LogP contribution in [-0.2, 0) is 10.0 Å². The molecule has 5 nitrogen and oxygen atoms in total. The molecule has 0 bridgehead atoms. The highest BCUT2D eigenvalue weighted by atomic mass is 79.9. The summed E-state index contributed by atoms with van der Waals surface area (Å²) in [6.45, 7) is 5.50. The zero-order valence-corrected chi connectivity index (χ0v) is 13.4. The topological polar surface area (TPSA) is 53.5 Å². The second-order valence-corrected chi connectivity index (χ2v) is 8.33. The fraction of sp³-hybridized carbons (Fsp3) is 0.700. The molecular weight excluding hydrogens is 338 g/mol. The van der Waals surface area contributed by atoms with E-state index in [2.05, 4.69) is 25.8 Å². The van der Waals surface area contributed by atoms with E-state index in [1.54, 1.807) is 4.31 Å². The molecule has 0 N–H and O–H groups in total. The van der Waals surface area contributed by atoms with E-state index in [4.69, 9.17) is 0 Å². The lowest BCUT2D eigenvalue weighted by molar-refractivity contribution is 0.198. The number of halogens is 1. The molecule has 2 heterocycles. The number of aryl methyl sites for hydroxylation is 1. The van der Waals surface area contributed by atoms with Gasteiger partial charge in [-0.3, -0.25) is 4.90 Å². The van der Waals surface area contributed by atoms with Crippen molar-refractivity contribution < 1.29 is 8.42 Å². The molecule has 2 rings (SSSR count). The Balaban J connectivity index is 2.05. The van der Waals surface area contributed by atoms with Gasteiger partial charge in [-0.1, -0.05) is 15.9 Å². The molecule has 1 aliphatic rings. The third-order valence-electron chi connectivity index (χ3n) is 2.93. The number of rotatable bonds is 4. The summed E-state index contributed by atoms with van der Waals surface area (Å²) in [5.41, 5.74) is 0. The van der Waals surface area contributed by atoms with E-state index in [1.165, 1.54) is 17.5 Å². The summed E-state index contributed by atoms with van der Waals surface area (Å²) in [4.78, 5) is 6.28. The van der Waals surface area contributed by atoms with Gasteiger partial charge in [0.2, 0.25) is 0 Å². The van der Waals surface area contributed by atoms with Crippen LogP contribution in [0.3, 0.4) is 0 Å². The molecule has 1 aliphatic heterocycles. The lowest BCUT2D eigenvalue weighted by Gasteiger charge is -2.33. The van der Waals surface area contributed by atoms with Crippen LogP contribution in [-0.4, -0.2) is 60.7 Å². The number of alkyl halides is 1. The van der Waals surface area contributed by atoms with Gasteiger partial charge in [-0.05, 0) is 6.92 Å². The average molecular weight is 354 g/mol. The standard InChI is InChI=1S/C10H16BrN3O2S2/c1-9-12-8-10(17-9)18(15,16)14-6-4-13(3-2-11)5-7-14/h8H,2-7H2,1H3. The smallest absolute Gasteiger partial charge is 0.254 e. The Morgan fingerprint density at radius 3 is 2.56 bits per heavy atom. The predicted molar refractivity (Wildman–Crippen MR) is 75.8 cm³/mol. The number of sulfonamides is 1. The summed E-state index contributed by atoms with van der Waals surface area (Å²) in [6, 6.07) is 0. The Bertz CT molecular complexity index is 495. The third kappa shape index (κ3) is 3.11. The van der Waals surface area contributed by atoms with E-state index in [9.17, 15) is 8.42 Å². The Morgan fingerprint density at radius 1 is 1.39 bits per heavy atom. The molecule has 0 aliphatic carbocycles. The fourth-order valence-corrected chi connectivity index (χ4v) is 5.09. The normalized spacial score (nSPS) is 19.2. The van der Waals surface area contributed by atoms with E-state index in [-0.39, 0.29) is 0 Å². The molecule has 1 aromatic heterocycles. The minimum absolute atomic E-state index is 0.356. The summed E-state index contributed by atoms with van der Waals surface area (Å²) in [7, 11) is -3.33. The van der Waals surface area contributed by atoms with Gasteiger partial charge in [0.05, 0.1) is 11.2 Å². The van der Waals surface area contributed by atoms with E-state index >= 15 is 0 Å². The minimum Gasteiger partial charge on any atom is -0.300 e. The Morgan fingerprint density at radius 2 is 2.06 bits per heavy atom. The quantitative estimate of drug-likeness (QED) is 0.762. The molecule has 0 unspecified atom stereocenters. The molecular formula is C10H16BrN3O2S2.